The van der Waals surface area contributed by atoms with E-state index in [2.05, 4.69) is 24.5 Å². The van der Waals surface area contributed by atoms with E-state index >= 15 is 0 Å². The molecule has 2 N–H and O–H groups in total. The monoisotopic (exact) mass is 265 g/mol. The molecule has 106 valence electrons. The van der Waals surface area contributed by atoms with Gasteiger partial charge in [-0.15, -0.1) is 0 Å². The molecule has 0 aromatic heterocycles. The number of benzene rings is 1. The average Bonchev–Trinajstić information content (AvgIpc) is 2.35. The topological polar surface area (TPSA) is 67.2 Å². The second-order valence-corrected chi connectivity index (χ2v) is 4.99. The summed E-state index contributed by atoms with van der Waals surface area (Å²) in [5.74, 6) is 0.577. The number of anilines is 2. The third-order valence-electron chi connectivity index (χ3n) is 2.82. The Kier molecular flexibility index (Phi) is 6.12. The normalized spacial score (nSPS) is 10.5. The number of hydrogen-bond donors (Lipinski definition) is 2. The van der Waals surface area contributed by atoms with Crippen molar-refractivity contribution >= 4 is 17.1 Å². The molecule has 0 aliphatic carbocycles. The lowest BCUT2D eigenvalue weighted by Crippen LogP contribution is -2.09. The van der Waals surface area contributed by atoms with Crippen LogP contribution in [0, 0.1) is 16.0 Å². The summed E-state index contributed by atoms with van der Waals surface area (Å²) in [7, 11) is 0. The summed E-state index contributed by atoms with van der Waals surface area (Å²) in [5.41, 5.74) is 1.31. The van der Waals surface area contributed by atoms with Gasteiger partial charge >= 0.3 is 5.69 Å². The Bertz CT molecular complexity index is 419. The lowest BCUT2D eigenvalue weighted by molar-refractivity contribution is -0.383. The molecule has 0 atom stereocenters. The minimum absolute atomic E-state index is 0.139. The summed E-state index contributed by atoms with van der Waals surface area (Å²) in [5, 5.41) is 17.5. The predicted molar refractivity (Wildman–Crippen MR) is 79.8 cm³/mol. The average molecular weight is 265 g/mol. The van der Waals surface area contributed by atoms with E-state index in [1.165, 1.54) is 0 Å². The Hall–Kier alpha value is -1.78. The van der Waals surface area contributed by atoms with E-state index in [4.69, 9.17) is 0 Å². The first-order valence-corrected chi connectivity index (χ1v) is 6.81. The zero-order valence-corrected chi connectivity index (χ0v) is 11.9. The smallest absolute Gasteiger partial charge is 0.315 e. The molecular weight excluding hydrogens is 242 g/mol. The van der Waals surface area contributed by atoms with Gasteiger partial charge in [0.1, 0.15) is 11.4 Å². The maximum atomic E-state index is 11.2. The zero-order valence-electron chi connectivity index (χ0n) is 11.9. The molecule has 0 radical (unpaired) electrons. The van der Waals surface area contributed by atoms with Crippen molar-refractivity contribution in [3.05, 3.63) is 28.3 Å². The Balaban J connectivity index is 2.86. The number of nitro groups is 1. The number of rotatable bonds is 8. The molecule has 5 nitrogen and oxygen atoms in total. The summed E-state index contributed by atoms with van der Waals surface area (Å²) < 4.78 is 0. The molecule has 0 unspecified atom stereocenters. The van der Waals surface area contributed by atoms with Crippen molar-refractivity contribution in [1.82, 2.24) is 0 Å². The third kappa shape index (κ3) is 4.77. The maximum Gasteiger partial charge on any atom is 0.315 e. The largest absolute Gasteiger partial charge is 0.379 e. The second-order valence-electron chi connectivity index (χ2n) is 4.99. The molecule has 0 fully saturated rings. The van der Waals surface area contributed by atoms with Gasteiger partial charge < -0.3 is 10.6 Å². The van der Waals surface area contributed by atoms with E-state index in [1.54, 1.807) is 12.1 Å². The van der Waals surface area contributed by atoms with Gasteiger partial charge in [0, 0.05) is 13.1 Å². The molecule has 0 bridgehead atoms. The van der Waals surface area contributed by atoms with Gasteiger partial charge in [0.2, 0.25) is 0 Å². The summed E-state index contributed by atoms with van der Waals surface area (Å²) >= 11 is 0. The fourth-order valence-corrected chi connectivity index (χ4v) is 1.78. The van der Waals surface area contributed by atoms with Gasteiger partial charge in [0.15, 0.2) is 0 Å². The standard InChI is InChI=1S/C14H23N3O2/c1-4-9-15-12-6-5-7-13(14(12)17(18)19)16-10-8-11(2)3/h5-7,11,15-16H,4,8-10H2,1-3H3. The second kappa shape index (κ2) is 7.61. The Morgan fingerprint density at radius 2 is 1.79 bits per heavy atom. The van der Waals surface area contributed by atoms with Crippen LogP contribution in [-0.2, 0) is 0 Å². The maximum absolute atomic E-state index is 11.2. The first-order chi connectivity index (χ1) is 9.06. The van der Waals surface area contributed by atoms with E-state index in [-0.39, 0.29) is 10.6 Å². The predicted octanol–water partition coefficient (Wildman–Crippen LogP) is 3.87. The van der Waals surface area contributed by atoms with Crippen molar-refractivity contribution in [2.24, 2.45) is 5.92 Å². The number of para-hydroxylation sites is 1. The van der Waals surface area contributed by atoms with Gasteiger partial charge in [-0.3, -0.25) is 10.1 Å². The van der Waals surface area contributed by atoms with Crippen molar-refractivity contribution < 1.29 is 4.92 Å². The van der Waals surface area contributed by atoms with Crippen molar-refractivity contribution in [3.8, 4) is 0 Å². The first-order valence-electron chi connectivity index (χ1n) is 6.81. The van der Waals surface area contributed by atoms with Crippen LogP contribution in [0.1, 0.15) is 33.6 Å². The summed E-state index contributed by atoms with van der Waals surface area (Å²) in [6.45, 7) is 7.78. The third-order valence-corrected chi connectivity index (χ3v) is 2.82. The van der Waals surface area contributed by atoms with Crippen LogP contribution in [0.2, 0.25) is 0 Å². The quantitative estimate of drug-likeness (QED) is 0.553. The molecule has 5 heteroatoms. The van der Waals surface area contributed by atoms with Crippen LogP contribution in [-0.4, -0.2) is 18.0 Å². The fourth-order valence-electron chi connectivity index (χ4n) is 1.78. The van der Waals surface area contributed by atoms with E-state index in [9.17, 15) is 10.1 Å². The minimum atomic E-state index is -0.324. The molecule has 1 rings (SSSR count). The lowest BCUT2D eigenvalue weighted by Gasteiger charge is -2.12. The molecule has 0 aliphatic heterocycles. The van der Waals surface area contributed by atoms with Crippen LogP contribution in [0.4, 0.5) is 17.1 Å². The van der Waals surface area contributed by atoms with Crippen molar-refractivity contribution in [2.45, 2.75) is 33.6 Å². The van der Waals surface area contributed by atoms with Gasteiger partial charge in [0.05, 0.1) is 4.92 Å². The molecule has 0 spiro atoms. The molecule has 0 aliphatic rings. The van der Waals surface area contributed by atoms with Crippen molar-refractivity contribution in [1.29, 1.82) is 0 Å². The fraction of sp³-hybridized carbons (Fsp3) is 0.571. The lowest BCUT2D eigenvalue weighted by atomic mass is 10.1. The van der Waals surface area contributed by atoms with Crippen LogP contribution in [0.5, 0.6) is 0 Å². The highest BCUT2D eigenvalue weighted by Crippen LogP contribution is 2.32. The van der Waals surface area contributed by atoms with Gasteiger partial charge in [0.25, 0.3) is 0 Å². The SMILES string of the molecule is CCCNc1cccc(NCCC(C)C)c1[N+](=O)[O-]. The molecule has 0 heterocycles. The Morgan fingerprint density at radius 1 is 1.21 bits per heavy atom. The molecule has 19 heavy (non-hydrogen) atoms. The summed E-state index contributed by atoms with van der Waals surface area (Å²) in [4.78, 5) is 10.9. The summed E-state index contributed by atoms with van der Waals surface area (Å²) in [6, 6.07) is 5.35. The van der Waals surface area contributed by atoms with Crippen LogP contribution >= 0.6 is 0 Å². The molecule has 1 aromatic rings. The van der Waals surface area contributed by atoms with E-state index < -0.39 is 0 Å². The van der Waals surface area contributed by atoms with Crippen LogP contribution in [0.15, 0.2) is 18.2 Å². The highest BCUT2D eigenvalue weighted by molar-refractivity contribution is 5.76. The number of nitrogens with zero attached hydrogens (tertiary/aromatic N) is 1. The van der Waals surface area contributed by atoms with E-state index in [0.717, 1.165) is 25.9 Å². The minimum Gasteiger partial charge on any atom is -0.379 e. The highest BCUT2D eigenvalue weighted by atomic mass is 16.6. The van der Waals surface area contributed by atoms with E-state index in [0.29, 0.717) is 17.3 Å². The van der Waals surface area contributed by atoms with Gasteiger partial charge in [-0.25, -0.2) is 0 Å². The zero-order chi connectivity index (χ0) is 14.3. The van der Waals surface area contributed by atoms with Crippen LogP contribution in [0.3, 0.4) is 0 Å². The van der Waals surface area contributed by atoms with Gasteiger partial charge in [-0.1, -0.05) is 26.8 Å². The number of nitrogens with one attached hydrogen (secondary N) is 2. The van der Waals surface area contributed by atoms with Gasteiger partial charge in [-0.2, -0.15) is 0 Å². The van der Waals surface area contributed by atoms with E-state index in [1.807, 2.05) is 13.0 Å². The number of hydrogen-bond acceptors (Lipinski definition) is 4. The van der Waals surface area contributed by atoms with Gasteiger partial charge in [-0.05, 0) is 30.9 Å². The Labute approximate surface area is 114 Å². The number of nitro benzene ring substituents is 1. The van der Waals surface area contributed by atoms with Crippen LogP contribution < -0.4 is 10.6 Å². The highest BCUT2D eigenvalue weighted by Gasteiger charge is 2.18. The molecule has 0 amide bonds. The van der Waals surface area contributed by atoms with Crippen molar-refractivity contribution in [3.63, 3.8) is 0 Å². The van der Waals surface area contributed by atoms with Crippen LogP contribution in [0.25, 0.3) is 0 Å². The molecule has 1 aromatic carbocycles. The molecular formula is C14H23N3O2. The molecule has 0 saturated carbocycles. The molecule has 0 saturated heterocycles. The summed E-state index contributed by atoms with van der Waals surface area (Å²) in [6.07, 6.45) is 1.92. The van der Waals surface area contributed by atoms with Crippen molar-refractivity contribution in [2.75, 3.05) is 23.7 Å². The first kappa shape index (κ1) is 15.3. The Morgan fingerprint density at radius 3 is 2.26 bits per heavy atom.